The monoisotopic (exact) mass is 469 g/mol. The second-order valence-electron chi connectivity index (χ2n) is 6.93. The lowest BCUT2D eigenvalue weighted by atomic mass is 10.1. The summed E-state index contributed by atoms with van der Waals surface area (Å²) in [6.07, 6.45) is -3.82. The first-order valence-electron chi connectivity index (χ1n) is 9.72. The summed E-state index contributed by atoms with van der Waals surface area (Å²) in [5, 5.41) is 18.8. The number of carbonyl (C=O) groups is 3. The standard InChI is InChI=1S/C19H21N3O4.C2HF3O2/c23-18(16-5-6-17(19(24)25)20-12-16)21-11-14-1-3-15(4-2-14)13-22-7-9-26-10-8-22;3-2(4,5)1(6)7/h1-6,12H,7-11,13H2,(H,21,23)(H,24,25);(H,6,7). The number of benzene rings is 1. The summed E-state index contributed by atoms with van der Waals surface area (Å²) in [5.74, 6) is -4.16. The van der Waals surface area contributed by atoms with Gasteiger partial charge in [0.2, 0.25) is 0 Å². The quantitative estimate of drug-likeness (QED) is 0.587. The summed E-state index contributed by atoms with van der Waals surface area (Å²) in [5.41, 5.74) is 2.48. The molecule has 2 heterocycles. The largest absolute Gasteiger partial charge is 0.490 e. The fourth-order valence-corrected chi connectivity index (χ4v) is 2.72. The van der Waals surface area contributed by atoms with Crippen LogP contribution in [-0.2, 0) is 22.6 Å². The molecule has 1 aliphatic rings. The Kier molecular flexibility index (Phi) is 9.30. The van der Waals surface area contributed by atoms with E-state index in [1.54, 1.807) is 0 Å². The van der Waals surface area contributed by atoms with Gasteiger partial charge in [-0.15, -0.1) is 0 Å². The summed E-state index contributed by atoms with van der Waals surface area (Å²) >= 11 is 0. The Hall–Kier alpha value is -3.51. The van der Waals surface area contributed by atoms with E-state index in [-0.39, 0.29) is 11.6 Å². The number of halogens is 3. The number of carboxylic acid groups (broad SMARTS) is 2. The number of amides is 1. The number of nitrogens with one attached hydrogen (secondary N) is 1. The number of carboxylic acids is 2. The molecule has 0 atom stereocenters. The number of aromatic carboxylic acids is 1. The van der Waals surface area contributed by atoms with Crippen molar-refractivity contribution in [2.24, 2.45) is 0 Å². The molecule has 1 fully saturated rings. The summed E-state index contributed by atoms with van der Waals surface area (Å²) in [6.45, 7) is 4.77. The molecule has 2 aromatic rings. The molecule has 3 N–H and O–H groups in total. The number of nitrogens with zero attached hydrogens (tertiary/aromatic N) is 2. The summed E-state index contributed by atoms with van der Waals surface area (Å²) in [7, 11) is 0. The third-order valence-corrected chi connectivity index (χ3v) is 4.47. The molecule has 0 unspecified atom stereocenters. The topological polar surface area (TPSA) is 129 Å². The molecule has 33 heavy (non-hydrogen) atoms. The van der Waals surface area contributed by atoms with E-state index in [1.165, 1.54) is 23.9 Å². The van der Waals surface area contributed by atoms with Crippen molar-refractivity contribution in [3.63, 3.8) is 0 Å². The molecule has 0 aliphatic carbocycles. The van der Waals surface area contributed by atoms with Crippen LogP contribution in [0.5, 0.6) is 0 Å². The van der Waals surface area contributed by atoms with Crippen LogP contribution in [0.1, 0.15) is 32.0 Å². The third-order valence-electron chi connectivity index (χ3n) is 4.47. The van der Waals surface area contributed by atoms with E-state index in [9.17, 15) is 22.8 Å². The van der Waals surface area contributed by atoms with Crippen LogP contribution in [0.4, 0.5) is 13.2 Å². The Morgan fingerprint density at radius 3 is 2.06 bits per heavy atom. The fraction of sp³-hybridized carbons (Fsp3) is 0.333. The Bertz CT molecular complexity index is 943. The minimum absolute atomic E-state index is 0.0857. The molecule has 0 radical (unpaired) electrons. The number of aliphatic carboxylic acids is 1. The minimum atomic E-state index is -5.08. The molecule has 3 rings (SSSR count). The lowest BCUT2D eigenvalue weighted by Gasteiger charge is -2.26. The number of hydrogen-bond donors (Lipinski definition) is 3. The van der Waals surface area contributed by atoms with Crippen molar-refractivity contribution in [2.75, 3.05) is 26.3 Å². The maximum Gasteiger partial charge on any atom is 0.490 e. The van der Waals surface area contributed by atoms with Gasteiger partial charge in [-0.2, -0.15) is 13.2 Å². The van der Waals surface area contributed by atoms with Crippen LogP contribution in [-0.4, -0.2) is 70.4 Å². The molecule has 178 valence electrons. The van der Waals surface area contributed by atoms with E-state index in [1.807, 2.05) is 12.1 Å². The van der Waals surface area contributed by atoms with Crippen molar-refractivity contribution < 1.29 is 42.5 Å². The zero-order valence-electron chi connectivity index (χ0n) is 17.3. The van der Waals surface area contributed by atoms with E-state index in [0.717, 1.165) is 38.4 Å². The Morgan fingerprint density at radius 2 is 1.58 bits per heavy atom. The molecule has 1 aliphatic heterocycles. The van der Waals surface area contributed by atoms with Gasteiger partial charge in [-0.05, 0) is 23.3 Å². The molecule has 12 heteroatoms. The van der Waals surface area contributed by atoms with Gasteiger partial charge in [0, 0.05) is 32.4 Å². The highest BCUT2D eigenvalue weighted by Crippen LogP contribution is 2.13. The normalized spacial score (nSPS) is 14.0. The van der Waals surface area contributed by atoms with E-state index in [0.29, 0.717) is 12.1 Å². The van der Waals surface area contributed by atoms with Crippen molar-refractivity contribution in [1.82, 2.24) is 15.2 Å². The third kappa shape index (κ3) is 8.86. The number of aromatic nitrogens is 1. The lowest BCUT2D eigenvalue weighted by molar-refractivity contribution is -0.192. The molecule has 1 aromatic carbocycles. The van der Waals surface area contributed by atoms with Crippen LogP contribution >= 0.6 is 0 Å². The molecule has 1 saturated heterocycles. The van der Waals surface area contributed by atoms with Crippen LogP contribution in [0.25, 0.3) is 0 Å². The second kappa shape index (κ2) is 11.9. The van der Waals surface area contributed by atoms with E-state index in [2.05, 4.69) is 27.3 Å². The van der Waals surface area contributed by atoms with Gasteiger partial charge in [-0.25, -0.2) is 14.6 Å². The maximum absolute atomic E-state index is 12.1. The number of morpholine rings is 1. The van der Waals surface area contributed by atoms with Crippen LogP contribution in [0.15, 0.2) is 42.6 Å². The predicted octanol–water partition coefficient (Wildman–Crippen LogP) is 2.18. The van der Waals surface area contributed by atoms with E-state index < -0.39 is 18.1 Å². The first kappa shape index (κ1) is 25.7. The van der Waals surface area contributed by atoms with Gasteiger partial charge < -0.3 is 20.3 Å². The molecule has 0 bridgehead atoms. The van der Waals surface area contributed by atoms with Crippen molar-refractivity contribution in [3.05, 3.63) is 65.0 Å². The number of pyridine rings is 1. The zero-order chi connectivity index (χ0) is 24.4. The summed E-state index contributed by atoms with van der Waals surface area (Å²) in [6, 6.07) is 10.9. The van der Waals surface area contributed by atoms with Gasteiger partial charge in [0.1, 0.15) is 5.69 Å². The lowest BCUT2D eigenvalue weighted by Crippen LogP contribution is -2.35. The van der Waals surface area contributed by atoms with Gasteiger partial charge >= 0.3 is 18.1 Å². The Balaban J connectivity index is 0.000000479. The molecule has 1 aromatic heterocycles. The SMILES string of the molecule is O=C(NCc1ccc(CN2CCOCC2)cc1)c1ccc(C(=O)O)nc1.O=C(O)C(F)(F)F. The number of hydrogen-bond acceptors (Lipinski definition) is 6. The van der Waals surface area contributed by atoms with E-state index in [4.69, 9.17) is 19.7 Å². The highest BCUT2D eigenvalue weighted by molar-refractivity contribution is 5.94. The molecular formula is C21H22F3N3O6. The number of rotatable bonds is 6. The highest BCUT2D eigenvalue weighted by Gasteiger charge is 2.38. The Morgan fingerprint density at radius 1 is 1.00 bits per heavy atom. The van der Waals surface area contributed by atoms with Gasteiger partial charge in [0.25, 0.3) is 5.91 Å². The fourth-order valence-electron chi connectivity index (χ4n) is 2.72. The average molecular weight is 469 g/mol. The zero-order valence-corrected chi connectivity index (χ0v) is 17.3. The first-order valence-corrected chi connectivity index (χ1v) is 9.72. The smallest absolute Gasteiger partial charge is 0.477 e. The highest BCUT2D eigenvalue weighted by atomic mass is 19.4. The van der Waals surface area contributed by atoms with Crippen LogP contribution in [0.2, 0.25) is 0 Å². The van der Waals surface area contributed by atoms with Crippen LogP contribution in [0, 0.1) is 0 Å². The summed E-state index contributed by atoms with van der Waals surface area (Å²) < 4.78 is 37.1. The van der Waals surface area contributed by atoms with Crippen molar-refractivity contribution >= 4 is 17.8 Å². The molecule has 0 saturated carbocycles. The Labute approximate surface area is 186 Å². The van der Waals surface area contributed by atoms with Crippen molar-refractivity contribution in [3.8, 4) is 0 Å². The average Bonchev–Trinajstić information content (AvgIpc) is 2.79. The number of ether oxygens (including phenoxy) is 1. The number of alkyl halides is 3. The summed E-state index contributed by atoms with van der Waals surface area (Å²) in [4.78, 5) is 37.9. The van der Waals surface area contributed by atoms with Crippen molar-refractivity contribution in [1.29, 1.82) is 0 Å². The molecule has 9 nitrogen and oxygen atoms in total. The maximum atomic E-state index is 12.1. The minimum Gasteiger partial charge on any atom is -0.477 e. The molecule has 1 amide bonds. The van der Waals surface area contributed by atoms with Crippen LogP contribution in [0.3, 0.4) is 0 Å². The van der Waals surface area contributed by atoms with Crippen LogP contribution < -0.4 is 5.32 Å². The number of carbonyl (C=O) groups excluding carboxylic acids is 1. The van der Waals surface area contributed by atoms with Gasteiger partial charge in [0.15, 0.2) is 0 Å². The second-order valence-corrected chi connectivity index (χ2v) is 6.93. The van der Waals surface area contributed by atoms with E-state index >= 15 is 0 Å². The molecular weight excluding hydrogens is 447 g/mol. The molecule has 0 spiro atoms. The first-order chi connectivity index (χ1) is 15.6. The van der Waals surface area contributed by atoms with Crippen molar-refractivity contribution in [2.45, 2.75) is 19.3 Å². The van der Waals surface area contributed by atoms with Gasteiger partial charge in [-0.1, -0.05) is 24.3 Å². The van der Waals surface area contributed by atoms with Gasteiger partial charge in [0.05, 0.1) is 18.8 Å². The van der Waals surface area contributed by atoms with Gasteiger partial charge in [-0.3, -0.25) is 9.69 Å². The predicted molar refractivity (Wildman–Crippen MR) is 109 cm³/mol.